The molecule has 0 aliphatic carbocycles. The molecule has 6 nitrogen and oxygen atoms in total. The van der Waals surface area contributed by atoms with E-state index in [4.69, 9.17) is 9.47 Å². The molecule has 1 aromatic carbocycles. The minimum atomic E-state index is -0.543. The van der Waals surface area contributed by atoms with Crippen LogP contribution < -0.4 is 9.64 Å². The Morgan fingerprint density at radius 1 is 1.11 bits per heavy atom. The fourth-order valence-corrected chi connectivity index (χ4v) is 5.91. The van der Waals surface area contributed by atoms with Gasteiger partial charge in [-0.25, -0.2) is 4.79 Å². The van der Waals surface area contributed by atoms with E-state index in [1.165, 1.54) is 0 Å². The standard InChI is InChI=1S/C22H31N3O3/c1-22-9-10-23(19-5-3-4-6-20(19)27-2)11-12-24(22)15-16-13-17-7-8-18(14-16)25(17)21(26)28-22/h3-6,16-18H,7-15H2,1-2H3. The number of hydrogen-bond donors (Lipinski definition) is 0. The first kappa shape index (κ1) is 18.1. The Hall–Kier alpha value is -1.95. The lowest BCUT2D eigenvalue weighted by Gasteiger charge is -2.39. The average Bonchev–Trinajstić information content (AvgIpc) is 2.90. The number of anilines is 1. The summed E-state index contributed by atoms with van der Waals surface area (Å²) in [6.07, 6.45) is 5.27. The zero-order chi connectivity index (χ0) is 19.3. The van der Waals surface area contributed by atoms with Gasteiger partial charge < -0.3 is 19.3 Å². The Morgan fingerprint density at radius 2 is 1.86 bits per heavy atom. The summed E-state index contributed by atoms with van der Waals surface area (Å²) in [5, 5.41) is 0. The van der Waals surface area contributed by atoms with Crippen molar-refractivity contribution in [3.8, 4) is 5.75 Å². The Balaban J connectivity index is 1.41. The molecule has 5 aliphatic rings. The lowest BCUT2D eigenvalue weighted by molar-refractivity contribution is -0.104. The molecule has 152 valence electrons. The van der Waals surface area contributed by atoms with Gasteiger partial charge in [0.15, 0.2) is 5.72 Å². The van der Waals surface area contributed by atoms with Crippen molar-refractivity contribution in [3.63, 3.8) is 0 Å². The van der Waals surface area contributed by atoms with Crippen molar-refractivity contribution in [2.75, 3.05) is 38.2 Å². The van der Waals surface area contributed by atoms with E-state index < -0.39 is 5.72 Å². The van der Waals surface area contributed by atoms with Crippen LogP contribution in [-0.2, 0) is 4.74 Å². The first-order chi connectivity index (χ1) is 13.6. The van der Waals surface area contributed by atoms with E-state index in [9.17, 15) is 4.79 Å². The monoisotopic (exact) mass is 385 g/mol. The van der Waals surface area contributed by atoms with Crippen LogP contribution in [0.5, 0.6) is 5.75 Å². The van der Waals surface area contributed by atoms with Crippen LogP contribution in [0.2, 0.25) is 0 Å². The van der Waals surface area contributed by atoms with Gasteiger partial charge in [-0.2, -0.15) is 0 Å². The maximum absolute atomic E-state index is 13.1. The normalized spacial score (nSPS) is 35.5. The summed E-state index contributed by atoms with van der Waals surface area (Å²) in [7, 11) is 1.72. The number of rotatable bonds is 2. The van der Waals surface area contributed by atoms with Crippen LogP contribution in [0.15, 0.2) is 24.3 Å². The van der Waals surface area contributed by atoms with E-state index >= 15 is 0 Å². The molecule has 6 heteroatoms. The minimum absolute atomic E-state index is 0.0916. The summed E-state index contributed by atoms with van der Waals surface area (Å²) in [5.74, 6) is 1.57. The number of piperidine rings is 1. The number of methoxy groups -OCH3 is 1. The first-order valence-electron chi connectivity index (χ1n) is 10.7. The molecule has 0 spiro atoms. The van der Waals surface area contributed by atoms with E-state index in [-0.39, 0.29) is 6.09 Å². The predicted molar refractivity (Wildman–Crippen MR) is 108 cm³/mol. The molecule has 0 saturated carbocycles. The molecule has 5 heterocycles. The third-order valence-corrected chi connectivity index (χ3v) is 7.41. The number of amides is 1. The van der Waals surface area contributed by atoms with Crippen LogP contribution in [0.3, 0.4) is 0 Å². The Kier molecular flexibility index (Phi) is 4.42. The molecule has 5 saturated heterocycles. The lowest BCUT2D eigenvalue weighted by atomic mass is 9.90. The molecule has 1 aromatic rings. The van der Waals surface area contributed by atoms with Crippen LogP contribution in [0.25, 0.3) is 0 Å². The summed E-state index contributed by atoms with van der Waals surface area (Å²) in [6, 6.07) is 8.98. The molecule has 5 aliphatic heterocycles. The first-order valence-corrected chi connectivity index (χ1v) is 10.7. The fourth-order valence-electron chi connectivity index (χ4n) is 5.91. The summed E-state index contributed by atoms with van der Waals surface area (Å²) in [6.45, 7) is 5.80. The van der Waals surface area contributed by atoms with Gasteiger partial charge in [-0.3, -0.25) is 4.90 Å². The highest BCUT2D eigenvalue weighted by atomic mass is 16.6. The maximum atomic E-state index is 13.1. The summed E-state index contributed by atoms with van der Waals surface area (Å²) >= 11 is 0. The predicted octanol–water partition coefficient (Wildman–Crippen LogP) is 3.32. The SMILES string of the molecule is COc1ccccc1N1CCN2CC3CC4CCC(C3)N4C(=O)OC2(C)CC1. The molecule has 0 aromatic heterocycles. The second kappa shape index (κ2) is 6.83. The molecule has 3 unspecified atom stereocenters. The number of carbonyl (C=O) groups excluding carboxylic acids is 1. The molecule has 1 amide bonds. The molecule has 0 radical (unpaired) electrons. The van der Waals surface area contributed by atoms with E-state index in [0.717, 1.165) is 69.7 Å². The number of ether oxygens (including phenoxy) is 2. The number of para-hydroxylation sites is 2. The topological polar surface area (TPSA) is 45.2 Å². The van der Waals surface area contributed by atoms with Crippen molar-refractivity contribution in [2.45, 2.75) is 56.8 Å². The van der Waals surface area contributed by atoms with Crippen molar-refractivity contribution in [2.24, 2.45) is 5.92 Å². The third kappa shape index (κ3) is 2.93. The molecule has 28 heavy (non-hydrogen) atoms. The van der Waals surface area contributed by atoms with Crippen LogP contribution >= 0.6 is 0 Å². The number of hydrogen-bond acceptors (Lipinski definition) is 5. The van der Waals surface area contributed by atoms with Gasteiger partial charge >= 0.3 is 6.09 Å². The summed E-state index contributed by atoms with van der Waals surface area (Å²) < 4.78 is 11.8. The fraction of sp³-hybridized carbons (Fsp3) is 0.682. The number of benzene rings is 1. The molecule has 3 atom stereocenters. The van der Waals surface area contributed by atoms with Crippen molar-refractivity contribution in [3.05, 3.63) is 24.3 Å². The molecule has 6 rings (SSSR count). The Bertz CT molecular complexity index is 742. The van der Waals surface area contributed by atoms with Crippen LogP contribution in [0, 0.1) is 5.92 Å². The molecular weight excluding hydrogens is 354 g/mol. The van der Waals surface area contributed by atoms with Gasteiger partial charge in [0.1, 0.15) is 5.75 Å². The van der Waals surface area contributed by atoms with Crippen molar-refractivity contribution in [1.29, 1.82) is 0 Å². The Labute approximate surface area is 167 Å². The van der Waals surface area contributed by atoms with Gasteiger partial charge in [0.25, 0.3) is 0 Å². The summed E-state index contributed by atoms with van der Waals surface area (Å²) in [5.41, 5.74) is 0.578. The Morgan fingerprint density at radius 3 is 2.61 bits per heavy atom. The van der Waals surface area contributed by atoms with E-state index in [0.29, 0.717) is 18.0 Å². The molecular formula is C22H31N3O3. The largest absolute Gasteiger partial charge is 0.495 e. The highest BCUT2D eigenvalue weighted by molar-refractivity contribution is 5.70. The van der Waals surface area contributed by atoms with Gasteiger partial charge in [0, 0.05) is 44.7 Å². The van der Waals surface area contributed by atoms with Crippen molar-refractivity contribution in [1.82, 2.24) is 9.80 Å². The van der Waals surface area contributed by atoms with Gasteiger partial charge in [0.2, 0.25) is 0 Å². The molecule has 5 fully saturated rings. The number of nitrogens with zero attached hydrogens (tertiary/aromatic N) is 3. The summed E-state index contributed by atoms with van der Waals surface area (Å²) in [4.78, 5) is 20.0. The zero-order valence-electron chi connectivity index (χ0n) is 17.0. The number of fused-ring (bicyclic) bond motifs is 1. The smallest absolute Gasteiger partial charge is 0.412 e. The average molecular weight is 386 g/mol. The van der Waals surface area contributed by atoms with E-state index in [1.807, 2.05) is 12.1 Å². The van der Waals surface area contributed by atoms with Crippen LogP contribution in [0.1, 0.15) is 39.0 Å². The zero-order valence-corrected chi connectivity index (χ0v) is 17.0. The lowest BCUT2D eigenvalue weighted by Crippen LogP contribution is -2.51. The van der Waals surface area contributed by atoms with E-state index in [2.05, 4.69) is 33.8 Å². The van der Waals surface area contributed by atoms with Crippen LogP contribution in [0.4, 0.5) is 10.5 Å². The maximum Gasteiger partial charge on any atom is 0.412 e. The van der Waals surface area contributed by atoms with E-state index in [1.54, 1.807) is 7.11 Å². The third-order valence-electron chi connectivity index (χ3n) is 7.41. The van der Waals surface area contributed by atoms with Gasteiger partial charge in [-0.15, -0.1) is 0 Å². The van der Waals surface area contributed by atoms with Crippen molar-refractivity contribution >= 4 is 11.8 Å². The second-order valence-corrected chi connectivity index (χ2v) is 9.03. The van der Waals surface area contributed by atoms with Gasteiger partial charge in [-0.1, -0.05) is 12.1 Å². The number of carbonyl (C=O) groups is 1. The quantitative estimate of drug-likeness (QED) is 0.782. The highest BCUT2D eigenvalue weighted by Gasteiger charge is 2.50. The molecule has 0 N–H and O–H groups in total. The highest BCUT2D eigenvalue weighted by Crippen LogP contribution is 2.43. The van der Waals surface area contributed by atoms with Crippen LogP contribution in [-0.4, -0.2) is 67.0 Å². The van der Waals surface area contributed by atoms with Gasteiger partial charge in [0.05, 0.1) is 12.8 Å². The molecule has 4 bridgehead atoms. The second-order valence-electron chi connectivity index (χ2n) is 9.03. The minimum Gasteiger partial charge on any atom is -0.495 e. The van der Waals surface area contributed by atoms with Crippen molar-refractivity contribution < 1.29 is 14.3 Å². The van der Waals surface area contributed by atoms with Gasteiger partial charge in [-0.05, 0) is 50.7 Å².